The molecule has 0 amide bonds. The predicted octanol–water partition coefficient (Wildman–Crippen LogP) is 3.78. The Balaban J connectivity index is 1.54. The van der Waals surface area contributed by atoms with E-state index >= 15 is 0 Å². The van der Waals surface area contributed by atoms with E-state index in [1.54, 1.807) is 10.9 Å². The molecule has 1 aromatic carbocycles. The van der Waals surface area contributed by atoms with Crippen LogP contribution in [0, 0.1) is 6.92 Å². The first kappa shape index (κ1) is 15.6. The third kappa shape index (κ3) is 3.56. The van der Waals surface area contributed by atoms with E-state index in [0.717, 1.165) is 34.6 Å². The second-order valence-corrected chi connectivity index (χ2v) is 5.66. The van der Waals surface area contributed by atoms with Gasteiger partial charge in [0.1, 0.15) is 11.5 Å². The number of rotatable bonds is 6. The Kier molecular flexibility index (Phi) is 4.67. The van der Waals surface area contributed by atoms with Gasteiger partial charge in [-0.2, -0.15) is 5.10 Å². The highest BCUT2D eigenvalue weighted by Crippen LogP contribution is 2.26. The van der Waals surface area contributed by atoms with Crippen LogP contribution < -0.4 is 9.47 Å². The lowest BCUT2D eigenvalue weighted by Gasteiger charge is -2.09. The summed E-state index contributed by atoms with van der Waals surface area (Å²) in [4.78, 5) is 4.34. The summed E-state index contributed by atoms with van der Waals surface area (Å²) in [6, 6.07) is 9.21. The van der Waals surface area contributed by atoms with E-state index in [2.05, 4.69) is 10.1 Å². The fourth-order valence-corrected chi connectivity index (χ4v) is 2.55. The number of aryl methyl sites for hydroxylation is 2. The van der Waals surface area contributed by atoms with Crippen molar-refractivity contribution in [2.45, 2.75) is 13.3 Å². The number of halogens is 1. The molecule has 0 spiro atoms. The van der Waals surface area contributed by atoms with E-state index in [4.69, 9.17) is 21.1 Å². The van der Waals surface area contributed by atoms with Crippen molar-refractivity contribution in [3.05, 3.63) is 47.2 Å². The van der Waals surface area contributed by atoms with Gasteiger partial charge >= 0.3 is 0 Å². The van der Waals surface area contributed by atoms with Crippen LogP contribution in [0.1, 0.15) is 12.1 Å². The summed E-state index contributed by atoms with van der Waals surface area (Å²) >= 11 is 5.84. The summed E-state index contributed by atoms with van der Waals surface area (Å²) in [7, 11) is 1.88. The summed E-state index contributed by atoms with van der Waals surface area (Å²) in [6.07, 6.45) is 2.52. The fourth-order valence-electron chi connectivity index (χ4n) is 2.42. The van der Waals surface area contributed by atoms with Crippen LogP contribution in [0.25, 0.3) is 11.0 Å². The van der Waals surface area contributed by atoms with Gasteiger partial charge in [-0.3, -0.25) is 4.68 Å². The molecule has 0 radical (unpaired) electrons. The molecule has 0 bridgehead atoms. The van der Waals surface area contributed by atoms with Crippen LogP contribution >= 0.6 is 11.6 Å². The third-order valence-electron chi connectivity index (χ3n) is 3.49. The zero-order valence-corrected chi connectivity index (χ0v) is 13.9. The van der Waals surface area contributed by atoms with E-state index < -0.39 is 0 Å². The second-order valence-electron chi connectivity index (χ2n) is 5.22. The number of hydrogen-bond acceptors (Lipinski definition) is 4. The number of aromatic nitrogens is 3. The highest BCUT2D eigenvalue weighted by atomic mass is 35.5. The molecule has 6 heteroatoms. The van der Waals surface area contributed by atoms with Gasteiger partial charge in [-0.25, -0.2) is 4.98 Å². The van der Waals surface area contributed by atoms with Gasteiger partial charge in [0.25, 0.3) is 0 Å². The van der Waals surface area contributed by atoms with Gasteiger partial charge in [-0.05, 0) is 37.3 Å². The van der Waals surface area contributed by atoms with E-state index in [9.17, 15) is 0 Å². The van der Waals surface area contributed by atoms with Crippen molar-refractivity contribution in [3.63, 3.8) is 0 Å². The van der Waals surface area contributed by atoms with Crippen LogP contribution in [0.15, 0.2) is 36.5 Å². The fraction of sp³-hybridized carbons (Fsp3) is 0.294. The molecule has 3 aromatic rings. The Bertz CT molecular complexity index is 799. The van der Waals surface area contributed by atoms with Crippen molar-refractivity contribution in [1.29, 1.82) is 0 Å². The van der Waals surface area contributed by atoms with Crippen LogP contribution in [0.3, 0.4) is 0 Å². The molecule has 2 aromatic heterocycles. The van der Waals surface area contributed by atoms with Crippen LogP contribution in [0.2, 0.25) is 5.02 Å². The molecule has 23 heavy (non-hydrogen) atoms. The van der Waals surface area contributed by atoms with Crippen LogP contribution in [0.4, 0.5) is 0 Å². The van der Waals surface area contributed by atoms with Gasteiger partial charge in [0.2, 0.25) is 0 Å². The molecule has 0 N–H and O–H groups in total. The highest BCUT2D eigenvalue weighted by molar-refractivity contribution is 6.30. The van der Waals surface area contributed by atoms with Crippen molar-refractivity contribution < 1.29 is 9.47 Å². The van der Waals surface area contributed by atoms with Gasteiger partial charge in [0.05, 0.1) is 24.3 Å². The summed E-state index contributed by atoms with van der Waals surface area (Å²) in [5.74, 6) is 1.62. The Morgan fingerprint density at radius 1 is 1.09 bits per heavy atom. The Morgan fingerprint density at radius 3 is 2.61 bits per heavy atom. The lowest BCUT2D eigenvalue weighted by atomic mass is 10.2. The van der Waals surface area contributed by atoms with Crippen LogP contribution in [-0.2, 0) is 7.05 Å². The molecule has 3 rings (SSSR count). The van der Waals surface area contributed by atoms with Gasteiger partial charge in [-0.15, -0.1) is 0 Å². The molecule has 0 fully saturated rings. The summed E-state index contributed by atoms with van der Waals surface area (Å²) in [5.41, 5.74) is 1.75. The first-order chi connectivity index (χ1) is 11.1. The Morgan fingerprint density at radius 2 is 1.83 bits per heavy atom. The molecular formula is C17H18ClN3O2. The van der Waals surface area contributed by atoms with Crippen molar-refractivity contribution in [2.24, 2.45) is 7.05 Å². The van der Waals surface area contributed by atoms with Crippen molar-refractivity contribution in [3.8, 4) is 11.5 Å². The van der Waals surface area contributed by atoms with E-state index in [1.807, 2.05) is 44.3 Å². The van der Waals surface area contributed by atoms with Crippen LogP contribution in [0.5, 0.6) is 11.5 Å². The zero-order chi connectivity index (χ0) is 16.2. The van der Waals surface area contributed by atoms with Crippen molar-refractivity contribution >= 4 is 22.6 Å². The second kappa shape index (κ2) is 6.87. The predicted molar refractivity (Wildman–Crippen MR) is 90.3 cm³/mol. The molecule has 0 aliphatic heterocycles. The van der Waals surface area contributed by atoms with E-state index in [-0.39, 0.29) is 0 Å². The highest BCUT2D eigenvalue weighted by Gasteiger charge is 2.11. The van der Waals surface area contributed by atoms with Gasteiger partial charge in [0, 0.05) is 24.7 Å². The minimum Gasteiger partial charge on any atom is -0.493 e. The maximum Gasteiger partial charge on any atom is 0.161 e. The Hall–Kier alpha value is -2.27. The SMILES string of the molecule is Cc1nn(C)c2nccc(OCCCOc3ccc(Cl)cc3)c12. The molecule has 0 aliphatic carbocycles. The van der Waals surface area contributed by atoms with Crippen molar-refractivity contribution in [2.75, 3.05) is 13.2 Å². The maximum absolute atomic E-state index is 5.88. The molecule has 0 unspecified atom stereocenters. The number of ether oxygens (including phenoxy) is 2. The summed E-state index contributed by atoms with van der Waals surface area (Å²) < 4.78 is 13.3. The van der Waals surface area contributed by atoms with Gasteiger partial charge in [-0.1, -0.05) is 11.6 Å². The first-order valence-electron chi connectivity index (χ1n) is 7.44. The minimum atomic E-state index is 0.570. The molecule has 0 atom stereocenters. The zero-order valence-electron chi connectivity index (χ0n) is 13.1. The van der Waals surface area contributed by atoms with Crippen molar-refractivity contribution in [1.82, 2.24) is 14.8 Å². The van der Waals surface area contributed by atoms with E-state index in [1.165, 1.54) is 0 Å². The molecule has 0 saturated heterocycles. The molecular weight excluding hydrogens is 314 g/mol. The van der Waals surface area contributed by atoms with E-state index in [0.29, 0.717) is 18.2 Å². The summed E-state index contributed by atoms with van der Waals surface area (Å²) in [5, 5.41) is 6.05. The third-order valence-corrected chi connectivity index (χ3v) is 3.74. The maximum atomic E-state index is 5.88. The average Bonchev–Trinajstić information content (AvgIpc) is 2.84. The monoisotopic (exact) mass is 331 g/mol. The number of benzene rings is 1. The van der Waals surface area contributed by atoms with Gasteiger partial charge in [0.15, 0.2) is 5.65 Å². The number of pyridine rings is 1. The number of hydrogen-bond donors (Lipinski definition) is 0. The largest absolute Gasteiger partial charge is 0.493 e. The number of nitrogens with zero attached hydrogens (tertiary/aromatic N) is 3. The molecule has 0 aliphatic rings. The lowest BCUT2D eigenvalue weighted by molar-refractivity contribution is 0.249. The van der Waals surface area contributed by atoms with Crippen LogP contribution in [-0.4, -0.2) is 28.0 Å². The average molecular weight is 332 g/mol. The normalized spacial score (nSPS) is 10.9. The van der Waals surface area contributed by atoms with Gasteiger partial charge < -0.3 is 9.47 Å². The molecule has 2 heterocycles. The smallest absolute Gasteiger partial charge is 0.161 e. The standard InChI is InChI=1S/C17H18ClN3O2/c1-12-16-15(8-9-19-17(16)21(2)20-12)23-11-3-10-22-14-6-4-13(18)5-7-14/h4-9H,3,10-11H2,1-2H3. The summed E-state index contributed by atoms with van der Waals surface area (Å²) in [6.45, 7) is 3.11. The molecule has 0 saturated carbocycles. The quantitative estimate of drug-likeness (QED) is 0.645. The first-order valence-corrected chi connectivity index (χ1v) is 7.82. The topological polar surface area (TPSA) is 49.2 Å². The molecule has 120 valence electrons. The minimum absolute atomic E-state index is 0.570. The molecule has 5 nitrogen and oxygen atoms in total. The number of fused-ring (bicyclic) bond motifs is 1. The Labute approximate surface area is 139 Å². The lowest BCUT2D eigenvalue weighted by Crippen LogP contribution is -2.05.